The average molecular weight is 296 g/mol. The monoisotopic (exact) mass is 296 g/mol. The molecule has 0 aliphatic rings. The Bertz CT molecular complexity index is 417. The molecule has 1 amide bonds. The van der Waals surface area contributed by atoms with Gasteiger partial charge in [0, 0.05) is 17.3 Å². The molecule has 0 aliphatic carbocycles. The number of amides is 1. The largest absolute Gasteiger partial charge is 0.350 e. The van der Waals surface area contributed by atoms with Crippen molar-refractivity contribution in [1.82, 2.24) is 10.3 Å². The standard InChI is InChI=1S/C14H24N4OS/c1-4-12-8-11(9-13(17-12)18-15)14(19)16-10(3)6-7-20-5-2/h8-10H,4-7,15H2,1-3H3,(H,16,19)(H,17,18). The summed E-state index contributed by atoms with van der Waals surface area (Å²) in [6.45, 7) is 6.16. The van der Waals surface area contributed by atoms with Crippen molar-refractivity contribution in [3.8, 4) is 0 Å². The van der Waals surface area contributed by atoms with Gasteiger partial charge in [-0.3, -0.25) is 4.79 Å². The van der Waals surface area contributed by atoms with E-state index in [2.05, 4.69) is 22.7 Å². The highest BCUT2D eigenvalue weighted by Gasteiger charge is 2.12. The fourth-order valence-electron chi connectivity index (χ4n) is 1.76. The van der Waals surface area contributed by atoms with Crippen molar-refractivity contribution in [3.05, 3.63) is 23.4 Å². The molecule has 5 nitrogen and oxygen atoms in total. The molecular weight excluding hydrogens is 272 g/mol. The lowest BCUT2D eigenvalue weighted by molar-refractivity contribution is 0.0939. The Balaban J connectivity index is 2.66. The Hall–Kier alpha value is -1.27. The summed E-state index contributed by atoms with van der Waals surface area (Å²) >= 11 is 1.88. The number of aryl methyl sites for hydroxylation is 1. The van der Waals surface area contributed by atoms with Gasteiger partial charge in [0.25, 0.3) is 5.91 Å². The van der Waals surface area contributed by atoms with E-state index in [1.54, 1.807) is 6.07 Å². The summed E-state index contributed by atoms with van der Waals surface area (Å²) in [5.41, 5.74) is 3.94. The second kappa shape index (κ2) is 8.81. The minimum absolute atomic E-state index is 0.0763. The predicted molar refractivity (Wildman–Crippen MR) is 86.0 cm³/mol. The number of carbonyl (C=O) groups is 1. The maximum atomic E-state index is 12.2. The molecule has 112 valence electrons. The molecule has 1 heterocycles. The van der Waals surface area contributed by atoms with Crippen LogP contribution in [0.15, 0.2) is 12.1 Å². The van der Waals surface area contributed by atoms with Crippen LogP contribution in [0.25, 0.3) is 0 Å². The van der Waals surface area contributed by atoms with Crippen LogP contribution >= 0.6 is 11.8 Å². The van der Waals surface area contributed by atoms with Crippen molar-refractivity contribution < 1.29 is 4.79 Å². The summed E-state index contributed by atoms with van der Waals surface area (Å²) < 4.78 is 0. The Labute approximate surface area is 125 Å². The third-order valence-electron chi connectivity index (χ3n) is 2.93. The molecule has 1 atom stereocenters. The molecule has 1 aromatic heterocycles. The summed E-state index contributed by atoms with van der Waals surface area (Å²) in [7, 11) is 0. The normalized spacial score (nSPS) is 12.0. The number of hydrogen-bond acceptors (Lipinski definition) is 5. The Morgan fingerprint density at radius 3 is 2.80 bits per heavy atom. The topological polar surface area (TPSA) is 80.0 Å². The van der Waals surface area contributed by atoms with E-state index in [0.29, 0.717) is 11.4 Å². The van der Waals surface area contributed by atoms with Gasteiger partial charge in [-0.2, -0.15) is 11.8 Å². The van der Waals surface area contributed by atoms with Crippen LogP contribution in [-0.2, 0) is 6.42 Å². The molecule has 0 spiro atoms. The lowest BCUT2D eigenvalue weighted by Crippen LogP contribution is -2.33. The summed E-state index contributed by atoms with van der Waals surface area (Å²) in [4.78, 5) is 16.5. The summed E-state index contributed by atoms with van der Waals surface area (Å²) in [5, 5.41) is 3.01. The number of hydrogen-bond donors (Lipinski definition) is 3. The first kappa shape index (κ1) is 16.8. The average Bonchev–Trinajstić information content (AvgIpc) is 2.46. The van der Waals surface area contributed by atoms with Gasteiger partial charge in [0.05, 0.1) is 0 Å². The van der Waals surface area contributed by atoms with Gasteiger partial charge >= 0.3 is 0 Å². The highest BCUT2D eigenvalue weighted by Crippen LogP contribution is 2.11. The van der Waals surface area contributed by atoms with Gasteiger partial charge in [-0.1, -0.05) is 13.8 Å². The second-order valence-corrected chi connectivity index (χ2v) is 5.98. The summed E-state index contributed by atoms with van der Waals surface area (Å²) in [6, 6.07) is 3.64. The van der Waals surface area contributed by atoms with E-state index in [4.69, 9.17) is 5.84 Å². The number of aromatic nitrogens is 1. The molecule has 1 unspecified atom stereocenters. The van der Waals surface area contributed by atoms with Crippen molar-refractivity contribution >= 4 is 23.5 Å². The molecule has 0 aromatic carbocycles. The van der Waals surface area contributed by atoms with E-state index in [1.165, 1.54) is 0 Å². The first-order valence-electron chi connectivity index (χ1n) is 6.96. The molecule has 20 heavy (non-hydrogen) atoms. The number of carbonyl (C=O) groups excluding carboxylic acids is 1. The van der Waals surface area contributed by atoms with Crippen LogP contribution in [0.1, 0.15) is 43.2 Å². The highest BCUT2D eigenvalue weighted by atomic mass is 32.2. The number of thioether (sulfide) groups is 1. The Morgan fingerprint density at radius 1 is 1.45 bits per heavy atom. The summed E-state index contributed by atoms with van der Waals surface area (Å²) in [6.07, 6.45) is 1.73. The van der Waals surface area contributed by atoms with Crippen LogP contribution in [0.5, 0.6) is 0 Å². The zero-order valence-electron chi connectivity index (χ0n) is 12.4. The maximum absolute atomic E-state index is 12.2. The molecule has 0 bridgehead atoms. The lowest BCUT2D eigenvalue weighted by Gasteiger charge is -2.14. The molecular formula is C14H24N4OS. The minimum atomic E-state index is -0.0763. The van der Waals surface area contributed by atoms with Crippen LogP contribution in [0.2, 0.25) is 0 Å². The van der Waals surface area contributed by atoms with E-state index in [1.807, 2.05) is 31.7 Å². The van der Waals surface area contributed by atoms with Crippen LogP contribution in [0.4, 0.5) is 5.82 Å². The van der Waals surface area contributed by atoms with Crippen LogP contribution in [0.3, 0.4) is 0 Å². The first-order chi connectivity index (χ1) is 9.60. The molecule has 0 fully saturated rings. The van der Waals surface area contributed by atoms with Crippen molar-refractivity contribution in [3.63, 3.8) is 0 Å². The van der Waals surface area contributed by atoms with E-state index in [9.17, 15) is 4.79 Å². The molecule has 0 radical (unpaired) electrons. The number of nitrogens with one attached hydrogen (secondary N) is 2. The van der Waals surface area contributed by atoms with Crippen LogP contribution < -0.4 is 16.6 Å². The fourth-order valence-corrected chi connectivity index (χ4v) is 2.57. The van der Waals surface area contributed by atoms with Crippen molar-refractivity contribution in [2.24, 2.45) is 5.84 Å². The molecule has 6 heteroatoms. The zero-order chi connectivity index (χ0) is 15.0. The number of nitrogens with two attached hydrogens (primary N) is 1. The van der Waals surface area contributed by atoms with Crippen molar-refractivity contribution in [2.75, 3.05) is 16.9 Å². The summed E-state index contributed by atoms with van der Waals surface area (Å²) in [5.74, 6) is 7.99. The van der Waals surface area contributed by atoms with E-state index in [0.717, 1.165) is 30.0 Å². The molecule has 4 N–H and O–H groups in total. The first-order valence-corrected chi connectivity index (χ1v) is 8.12. The molecule has 0 aliphatic heterocycles. The fraction of sp³-hybridized carbons (Fsp3) is 0.571. The number of nitrogen functional groups attached to an aromatic ring is 1. The number of pyridine rings is 1. The van der Waals surface area contributed by atoms with Gasteiger partial charge in [0.2, 0.25) is 0 Å². The number of anilines is 1. The maximum Gasteiger partial charge on any atom is 0.251 e. The van der Waals surface area contributed by atoms with Crippen LogP contribution in [-0.4, -0.2) is 28.4 Å². The highest BCUT2D eigenvalue weighted by molar-refractivity contribution is 7.99. The SMILES string of the molecule is CCSCCC(C)NC(=O)c1cc(CC)nc(NN)c1. The van der Waals surface area contributed by atoms with Crippen molar-refractivity contribution in [1.29, 1.82) is 0 Å². The predicted octanol–water partition coefficient (Wildman–Crippen LogP) is 2.19. The van der Waals surface area contributed by atoms with Crippen molar-refractivity contribution in [2.45, 2.75) is 39.7 Å². The van der Waals surface area contributed by atoms with Gasteiger partial charge < -0.3 is 10.7 Å². The number of nitrogens with zero attached hydrogens (tertiary/aromatic N) is 1. The third-order valence-corrected chi connectivity index (χ3v) is 3.86. The Morgan fingerprint density at radius 2 is 2.20 bits per heavy atom. The molecule has 0 saturated heterocycles. The quantitative estimate of drug-likeness (QED) is 0.389. The van der Waals surface area contributed by atoms with Crippen LogP contribution in [0, 0.1) is 0 Å². The molecule has 0 saturated carbocycles. The van der Waals surface area contributed by atoms with E-state index in [-0.39, 0.29) is 11.9 Å². The third kappa shape index (κ3) is 5.38. The van der Waals surface area contributed by atoms with Gasteiger partial charge in [0.15, 0.2) is 0 Å². The van der Waals surface area contributed by atoms with Gasteiger partial charge in [0.1, 0.15) is 5.82 Å². The lowest BCUT2D eigenvalue weighted by atomic mass is 10.1. The molecule has 1 aromatic rings. The van der Waals surface area contributed by atoms with Gasteiger partial charge in [-0.25, -0.2) is 10.8 Å². The zero-order valence-corrected chi connectivity index (χ0v) is 13.2. The van der Waals surface area contributed by atoms with E-state index < -0.39 is 0 Å². The van der Waals surface area contributed by atoms with E-state index >= 15 is 0 Å². The van der Waals surface area contributed by atoms with Gasteiger partial charge in [-0.05, 0) is 43.4 Å². The molecule has 1 rings (SSSR count). The Kier molecular flexibility index (Phi) is 7.40. The minimum Gasteiger partial charge on any atom is -0.350 e. The number of rotatable bonds is 8. The van der Waals surface area contributed by atoms with Gasteiger partial charge in [-0.15, -0.1) is 0 Å². The smallest absolute Gasteiger partial charge is 0.251 e. The second-order valence-electron chi connectivity index (χ2n) is 4.59. The number of hydrazine groups is 1.